The van der Waals surface area contributed by atoms with Gasteiger partial charge in [-0.05, 0) is 13.3 Å². The summed E-state index contributed by atoms with van der Waals surface area (Å²) in [5, 5.41) is 0. The van der Waals surface area contributed by atoms with Crippen LogP contribution in [0.3, 0.4) is 0 Å². The van der Waals surface area contributed by atoms with Crippen molar-refractivity contribution in [2.24, 2.45) is 0 Å². The second kappa shape index (κ2) is 9.23. The van der Waals surface area contributed by atoms with E-state index in [1.807, 2.05) is 6.92 Å². The zero-order chi connectivity index (χ0) is 9.23. The third-order valence-electron chi connectivity index (χ3n) is 1.97. The van der Waals surface area contributed by atoms with E-state index in [1.54, 1.807) is 0 Å². The Hall–Kier alpha value is 0.137. The number of hydrogen-bond acceptors (Lipinski definition) is 2. The average molecular weight is 190 g/mol. The molecule has 12 heavy (non-hydrogen) atoms. The molecule has 1 atom stereocenters. The summed E-state index contributed by atoms with van der Waals surface area (Å²) >= 11 is 0. The van der Waals surface area contributed by atoms with Gasteiger partial charge in [0.1, 0.15) is 10.5 Å². The molecule has 0 heterocycles. The predicted molar refractivity (Wildman–Crippen MR) is 55.4 cm³/mol. The van der Waals surface area contributed by atoms with Gasteiger partial charge in [-0.15, -0.1) is 0 Å². The predicted octanol–water partition coefficient (Wildman–Crippen LogP) is 1.27. The second-order valence-corrected chi connectivity index (χ2v) is 3.48. The van der Waals surface area contributed by atoms with E-state index in [0.717, 1.165) is 30.1 Å². The van der Waals surface area contributed by atoms with E-state index in [-0.39, 0.29) is 0 Å². The standard InChI is InChI=1S/C9H22O2Si/c1-3-5-6-7-9(11-12)8-10-4-2/h9H,3-8H2,1-2,12H3. The SMILES string of the molecule is CCCCCC(COCC)O[SiH3]. The maximum Gasteiger partial charge on any atom is 0.146 e. The third kappa shape index (κ3) is 6.82. The highest BCUT2D eigenvalue weighted by molar-refractivity contribution is 5.98. The molecular formula is C9H22O2Si. The van der Waals surface area contributed by atoms with E-state index in [0.29, 0.717) is 6.10 Å². The van der Waals surface area contributed by atoms with E-state index < -0.39 is 0 Å². The molecular weight excluding hydrogens is 168 g/mol. The molecule has 0 aliphatic heterocycles. The van der Waals surface area contributed by atoms with Crippen LogP contribution in [0, 0.1) is 0 Å². The summed E-state index contributed by atoms with van der Waals surface area (Å²) in [6.07, 6.45) is 5.40. The summed E-state index contributed by atoms with van der Waals surface area (Å²) in [6.45, 7) is 5.83. The molecule has 0 aliphatic rings. The van der Waals surface area contributed by atoms with E-state index in [9.17, 15) is 0 Å². The minimum absolute atomic E-state index is 0.364. The maximum atomic E-state index is 5.41. The van der Waals surface area contributed by atoms with Gasteiger partial charge in [0.05, 0.1) is 12.7 Å². The van der Waals surface area contributed by atoms with Crippen molar-refractivity contribution in [3.8, 4) is 0 Å². The summed E-state index contributed by atoms with van der Waals surface area (Å²) in [6, 6.07) is 0. The van der Waals surface area contributed by atoms with Crippen molar-refractivity contribution in [1.82, 2.24) is 0 Å². The largest absolute Gasteiger partial charge is 0.423 e. The topological polar surface area (TPSA) is 18.5 Å². The first-order valence-electron chi connectivity index (χ1n) is 4.95. The lowest BCUT2D eigenvalue weighted by molar-refractivity contribution is 0.0558. The Labute approximate surface area is 79.2 Å². The van der Waals surface area contributed by atoms with Crippen molar-refractivity contribution in [2.45, 2.75) is 45.6 Å². The summed E-state index contributed by atoms with van der Waals surface area (Å²) in [4.78, 5) is 0. The molecule has 0 saturated heterocycles. The van der Waals surface area contributed by atoms with Crippen molar-refractivity contribution in [1.29, 1.82) is 0 Å². The van der Waals surface area contributed by atoms with E-state index >= 15 is 0 Å². The van der Waals surface area contributed by atoms with Gasteiger partial charge in [0.25, 0.3) is 0 Å². The van der Waals surface area contributed by atoms with Crippen LogP contribution in [-0.2, 0) is 9.16 Å². The Balaban J connectivity index is 3.26. The minimum atomic E-state index is 0.364. The molecule has 0 aliphatic carbocycles. The molecule has 0 aromatic heterocycles. The van der Waals surface area contributed by atoms with Gasteiger partial charge in [0.2, 0.25) is 0 Å². The minimum Gasteiger partial charge on any atom is -0.423 e. The van der Waals surface area contributed by atoms with E-state index in [1.165, 1.54) is 19.3 Å². The van der Waals surface area contributed by atoms with Gasteiger partial charge in [0.15, 0.2) is 0 Å². The van der Waals surface area contributed by atoms with Gasteiger partial charge < -0.3 is 9.16 Å². The molecule has 0 saturated carbocycles. The van der Waals surface area contributed by atoms with Crippen LogP contribution < -0.4 is 0 Å². The van der Waals surface area contributed by atoms with Gasteiger partial charge >= 0.3 is 0 Å². The number of ether oxygens (including phenoxy) is 1. The highest BCUT2D eigenvalue weighted by Crippen LogP contribution is 2.06. The lowest BCUT2D eigenvalue weighted by Crippen LogP contribution is -2.18. The Kier molecular flexibility index (Phi) is 9.33. The first kappa shape index (κ1) is 12.1. The highest BCUT2D eigenvalue weighted by atomic mass is 28.2. The molecule has 0 spiro atoms. The molecule has 2 nitrogen and oxygen atoms in total. The fraction of sp³-hybridized carbons (Fsp3) is 1.00. The summed E-state index contributed by atoms with van der Waals surface area (Å²) in [5.41, 5.74) is 0. The summed E-state index contributed by atoms with van der Waals surface area (Å²) in [5.74, 6) is 0. The Morgan fingerprint density at radius 3 is 2.50 bits per heavy atom. The van der Waals surface area contributed by atoms with Gasteiger partial charge in [-0.1, -0.05) is 26.2 Å². The molecule has 0 amide bonds. The van der Waals surface area contributed by atoms with Crippen LogP contribution in [0.5, 0.6) is 0 Å². The molecule has 74 valence electrons. The molecule has 0 radical (unpaired) electrons. The number of hydrogen-bond donors (Lipinski definition) is 0. The van der Waals surface area contributed by atoms with Crippen molar-refractivity contribution in [3.05, 3.63) is 0 Å². The quantitative estimate of drug-likeness (QED) is 0.424. The lowest BCUT2D eigenvalue weighted by atomic mass is 10.1. The maximum absolute atomic E-state index is 5.41. The smallest absolute Gasteiger partial charge is 0.146 e. The van der Waals surface area contributed by atoms with Crippen LogP contribution >= 0.6 is 0 Å². The van der Waals surface area contributed by atoms with Crippen LogP contribution in [0.2, 0.25) is 0 Å². The molecule has 0 rings (SSSR count). The molecule has 1 unspecified atom stereocenters. The zero-order valence-electron chi connectivity index (χ0n) is 8.64. The summed E-state index contributed by atoms with van der Waals surface area (Å²) in [7, 11) is 0.827. The second-order valence-electron chi connectivity index (χ2n) is 3.01. The van der Waals surface area contributed by atoms with Gasteiger partial charge in [0, 0.05) is 6.61 Å². The van der Waals surface area contributed by atoms with E-state index in [2.05, 4.69) is 6.92 Å². The summed E-state index contributed by atoms with van der Waals surface area (Å²) < 4.78 is 10.7. The van der Waals surface area contributed by atoms with Crippen molar-refractivity contribution in [3.63, 3.8) is 0 Å². The van der Waals surface area contributed by atoms with Crippen LogP contribution in [0.25, 0.3) is 0 Å². The molecule has 0 bridgehead atoms. The first-order chi connectivity index (χ1) is 5.85. The van der Waals surface area contributed by atoms with Gasteiger partial charge in [-0.3, -0.25) is 0 Å². The molecule has 0 N–H and O–H groups in total. The van der Waals surface area contributed by atoms with Crippen molar-refractivity contribution < 1.29 is 9.16 Å². The number of rotatable bonds is 8. The average Bonchev–Trinajstić information content (AvgIpc) is 2.11. The third-order valence-corrected chi connectivity index (χ3v) is 2.64. The molecule has 0 fully saturated rings. The number of unbranched alkanes of at least 4 members (excludes halogenated alkanes) is 2. The first-order valence-corrected chi connectivity index (χ1v) is 5.77. The van der Waals surface area contributed by atoms with Crippen LogP contribution in [0.15, 0.2) is 0 Å². The van der Waals surface area contributed by atoms with Gasteiger partial charge in [-0.25, -0.2) is 0 Å². The van der Waals surface area contributed by atoms with Crippen molar-refractivity contribution in [2.75, 3.05) is 13.2 Å². The zero-order valence-corrected chi connectivity index (χ0v) is 10.6. The van der Waals surface area contributed by atoms with Crippen LogP contribution in [-0.4, -0.2) is 29.8 Å². The van der Waals surface area contributed by atoms with E-state index in [4.69, 9.17) is 9.16 Å². The van der Waals surface area contributed by atoms with Crippen molar-refractivity contribution >= 4 is 10.5 Å². The van der Waals surface area contributed by atoms with Crippen LogP contribution in [0.4, 0.5) is 0 Å². The molecule has 0 aromatic carbocycles. The Morgan fingerprint density at radius 1 is 1.25 bits per heavy atom. The fourth-order valence-electron chi connectivity index (χ4n) is 1.14. The Bertz CT molecular complexity index is 88.6. The monoisotopic (exact) mass is 190 g/mol. The Morgan fingerprint density at radius 2 is 2.00 bits per heavy atom. The highest BCUT2D eigenvalue weighted by Gasteiger charge is 2.04. The van der Waals surface area contributed by atoms with Crippen LogP contribution in [0.1, 0.15) is 39.5 Å². The normalized spacial score (nSPS) is 13.5. The lowest BCUT2D eigenvalue weighted by Gasteiger charge is -2.14. The molecule has 0 aromatic rings. The fourth-order valence-corrected chi connectivity index (χ4v) is 1.51. The molecule has 3 heteroatoms. The van der Waals surface area contributed by atoms with Gasteiger partial charge in [-0.2, -0.15) is 0 Å².